The van der Waals surface area contributed by atoms with Gasteiger partial charge in [-0.3, -0.25) is 9.59 Å². The molecule has 112 valence electrons. The average molecular weight is 279 g/mol. The van der Waals surface area contributed by atoms with Gasteiger partial charge in [-0.25, -0.2) is 0 Å². The molecule has 2 amide bonds. The van der Waals surface area contributed by atoms with Crippen molar-refractivity contribution in [2.75, 3.05) is 26.7 Å². The predicted molar refractivity (Wildman–Crippen MR) is 76.1 cm³/mol. The second kappa shape index (κ2) is 5.02. The van der Waals surface area contributed by atoms with Crippen molar-refractivity contribution in [3.8, 4) is 0 Å². The van der Waals surface area contributed by atoms with Gasteiger partial charge in [0.05, 0.1) is 6.54 Å². The third kappa shape index (κ3) is 2.22. The maximum atomic E-state index is 12.9. The van der Waals surface area contributed by atoms with Crippen molar-refractivity contribution in [2.24, 2.45) is 5.92 Å². The van der Waals surface area contributed by atoms with E-state index >= 15 is 0 Å². The van der Waals surface area contributed by atoms with Crippen molar-refractivity contribution < 1.29 is 9.59 Å². The van der Waals surface area contributed by atoms with Crippen LogP contribution in [0.15, 0.2) is 0 Å². The topological polar surface area (TPSA) is 52.6 Å². The monoisotopic (exact) mass is 279 g/mol. The summed E-state index contributed by atoms with van der Waals surface area (Å²) in [6, 6.07) is 0.224. The molecule has 2 aliphatic heterocycles. The number of rotatable bonds is 1. The number of nitrogens with one attached hydrogen (secondary N) is 1. The Morgan fingerprint density at radius 1 is 1.25 bits per heavy atom. The summed E-state index contributed by atoms with van der Waals surface area (Å²) in [4.78, 5) is 29.2. The highest BCUT2D eigenvalue weighted by Crippen LogP contribution is 2.35. The first-order chi connectivity index (χ1) is 9.52. The summed E-state index contributed by atoms with van der Waals surface area (Å²) in [6.45, 7) is 4.46. The van der Waals surface area contributed by atoms with Crippen LogP contribution in [0.3, 0.4) is 0 Å². The third-order valence-electron chi connectivity index (χ3n) is 5.28. The van der Waals surface area contributed by atoms with E-state index in [9.17, 15) is 9.59 Å². The summed E-state index contributed by atoms with van der Waals surface area (Å²) in [5, 5.41) is 2.99. The predicted octanol–water partition coefficient (Wildman–Crippen LogP) is 0.598. The zero-order chi connectivity index (χ0) is 14.3. The maximum Gasteiger partial charge on any atom is 0.249 e. The van der Waals surface area contributed by atoms with Crippen LogP contribution in [0.2, 0.25) is 0 Å². The molecule has 1 saturated carbocycles. The van der Waals surface area contributed by atoms with E-state index < -0.39 is 5.54 Å². The molecule has 0 aromatic heterocycles. The molecule has 0 aromatic carbocycles. The van der Waals surface area contributed by atoms with Crippen molar-refractivity contribution in [1.82, 2.24) is 15.1 Å². The number of piperidine rings is 1. The van der Waals surface area contributed by atoms with E-state index in [1.54, 1.807) is 0 Å². The minimum Gasteiger partial charge on any atom is -0.340 e. The Kier molecular flexibility index (Phi) is 3.48. The van der Waals surface area contributed by atoms with Crippen LogP contribution >= 0.6 is 0 Å². The molecule has 3 fully saturated rings. The number of amides is 2. The van der Waals surface area contributed by atoms with Crippen LogP contribution in [0, 0.1) is 5.92 Å². The van der Waals surface area contributed by atoms with E-state index in [4.69, 9.17) is 0 Å². The largest absolute Gasteiger partial charge is 0.340 e. The number of nitrogens with zero attached hydrogens (tertiary/aromatic N) is 2. The van der Waals surface area contributed by atoms with E-state index in [-0.39, 0.29) is 24.4 Å². The molecule has 3 aliphatic rings. The zero-order valence-corrected chi connectivity index (χ0v) is 12.5. The zero-order valence-electron chi connectivity index (χ0n) is 12.5. The fourth-order valence-corrected chi connectivity index (χ4v) is 4.25. The Balaban J connectivity index is 1.81. The summed E-state index contributed by atoms with van der Waals surface area (Å²) >= 11 is 0. The van der Waals surface area contributed by atoms with Crippen LogP contribution in [0.4, 0.5) is 0 Å². The van der Waals surface area contributed by atoms with E-state index in [1.807, 2.05) is 4.90 Å². The van der Waals surface area contributed by atoms with Gasteiger partial charge in [0.1, 0.15) is 5.54 Å². The number of piperazine rings is 1. The minimum absolute atomic E-state index is 0.0256. The summed E-state index contributed by atoms with van der Waals surface area (Å²) in [5.41, 5.74) is -0.571. The number of hydrogen-bond donors (Lipinski definition) is 1. The molecule has 3 rings (SSSR count). The van der Waals surface area contributed by atoms with Crippen molar-refractivity contribution in [3.63, 3.8) is 0 Å². The van der Waals surface area contributed by atoms with E-state index in [0.717, 1.165) is 45.2 Å². The lowest BCUT2D eigenvalue weighted by atomic mass is 9.87. The Labute approximate surface area is 120 Å². The number of hydrogen-bond acceptors (Lipinski definition) is 3. The second-order valence-electron chi connectivity index (χ2n) is 6.87. The highest BCUT2D eigenvalue weighted by atomic mass is 16.2. The lowest BCUT2D eigenvalue weighted by Gasteiger charge is -2.47. The molecule has 2 atom stereocenters. The highest BCUT2D eigenvalue weighted by molar-refractivity contribution is 5.98. The van der Waals surface area contributed by atoms with Gasteiger partial charge < -0.3 is 15.1 Å². The Bertz CT molecular complexity index is 417. The highest BCUT2D eigenvalue weighted by Gasteiger charge is 2.50. The van der Waals surface area contributed by atoms with Gasteiger partial charge in [-0.1, -0.05) is 19.8 Å². The van der Waals surface area contributed by atoms with Crippen LogP contribution in [0.25, 0.3) is 0 Å². The van der Waals surface area contributed by atoms with Crippen molar-refractivity contribution in [3.05, 3.63) is 0 Å². The van der Waals surface area contributed by atoms with Crippen LogP contribution in [-0.4, -0.2) is 59.9 Å². The van der Waals surface area contributed by atoms with Crippen molar-refractivity contribution >= 4 is 11.8 Å². The SMILES string of the molecule is CC1CN(C)CCC1N1CC(=O)NC2(CCCC2)C1=O. The van der Waals surface area contributed by atoms with E-state index in [0.29, 0.717) is 5.92 Å². The summed E-state index contributed by atoms with van der Waals surface area (Å²) < 4.78 is 0. The fourth-order valence-electron chi connectivity index (χ4n) is 4.25. The van der Waals surface area contributed by atoms with Gasteiger partial charge >= 0.3 is 0 Å². The van der Waals surface area contributed by atoms with Crippen LogP contribution in [0.5, 0.6) is 0 Å². The standard InChI is InChI=1S/C15H25N3O2/c1-11-9-17(2)8-5-12(11)18-10-13(19)16-15(14(18)20)6-3-4-7-15/h11-12H,3-10H2,1-2H3,(H,16,19). The molecule has 0 bridgehead atoms. The molecule has 5 nitrogen and oxygen atoms in total. The Morgan fingerprint density at radius 3 is 2.60 bits per heavy atom. The molecule has 2 unspecified atom stereocenters. The molecular weight excluding hydrogens is 254 g/mol. The smallest absolute Gasteiger partial charge is 0.249 e. The molecule has 1 N–H and O–H groups in total. The fraction of sp³-hybridized carbons (Fsp3) is 0.867. The molecule has 0 aromatic rings. The molecule has 1 aliphatic carbocycles. The second-order valence-corrected chi connectivity index (χ2v) is 6.87. The van der Waals surface area contributed by atoms with Gasteiger partial charge in [0, 0.05) is 12.6 Å². The Morgan fingerprint density at radius 2 is 1.95 bits per heavy atom. The summed E-state index contributed by atoms with van der Waals surface area (Å²) in [5.74, 6) is 0.635. The van der Waals surface area contributed by atoms with Crippen molar-refractivity contribution in [2.45, 2.75) is 50.6 Å². The number of carbonyl (C=O) groups excluding carboxylic acids is 2. The van der Waals surface area contributed by atoms with Gasteiger partial charge in [0.25, 0.3) is 0 Å². The third-order valence-corrected chi connectivity index (χ3v) is 5.28. The molecule has 1 spiro atoms. The average Bonchev–Trinajstić information content (AvgIpc) is 2.84. The normalized spacial score (nSPS) is 34.6. The van der Waals surface area contributed by atoms with Crippen LogP contribution in [0.1, 0.15) is 39.0 Å². The number of likely N-dealkylation sites (tertiary alicyclic amines) is 1. The van der Waals surface area contributed by atoms with Gasteiger partial charge in [-0.2, -0.15) is 0 Å². The van der Waals surface area contributed by atoms with Gasteiger partial charge in [-0.15, -0.1) is 0 Å². The minimum atomic E-state index is -0.571. The maximum absolute atomic E-state index is 12.9. The molecule has 0 radical (unpaired) electrons. The van der Waals surface area contributed by atoms with Gasteiger partial charge in [-0.05, 0) is 38.8 Å². The quantitative estimate of drug-likeness (QED) is 0.764. The lowest BCUT2D eigenvalue weighted by molar-refractivity contribution is -0.154. The Hall–Kier alpha value is -1.10. The number of carbonyl (C=O) groups is 2. The van der Waals surface area contributed by atoms with Crippen LogP contribution in [-0.2, 0) is 9.59 Å². The molecular formula is C15H25N3O2. The van der Waals surface area contributed by atoms with E-state index in [1.165, 1.54) is 0 Å². The first kappa shape index (κ1) is 13.9. The lowest BCUT2D eigenvalue weighted by Crippen LogP contribution is -2.68. The molecule has 20 heavy (non-hydrogen) atoms. The van der Waals surface area contributed by atoms with E-state index in [2.05, 4.69) is 24.2 Å². The summed E-state index contributed by atoms with van der Waals surface area (Å²) in [7, 11) is 2.12. The van der Waals surface area contributed by atoms with Gasteiger partial charge in [0.15, 0.2) is 0 Å². The first-order valence-corrected chi connectivity index (χ1v) is 7.82. The first-order valence-electron chi connectivity index (χ1n) is 7.82. The van der Waals surface area contributed by atoms with Gasteiger partial charge in [0.2, 0.25) is 11.8 Å². The van der Waals surface area contributed by atoms with Crippen molar-refractivity contribution in [1.29, 1.82) is 0 Å². The summed E-state index contributed by atoms with van der Waals surface area (Å²) in [6.07, 6.45) is 4.70. The van der Waals surface area contributed by atoms with Crippen LogP contribution < -0.4 is 5.32 Å². The molecule has 5 heteroatoms. The molecule has 2 saturated heterocycles. The molecule has 2 heterocycles.